The molecule has 5 aliphatic carbocycles. The van der Waals surface area contributed by atoms with E-state index in [1.54, 1.807) is 6.20 Å². The number of fused-ring (bicyclic) bond motifs is 1. The first-order valence-electron chi connectivity index (χ1n) is 17.3. The van der Waals surface area contributed by atoms with Crippen LogP contribution in [0.25, 0.3) is 10.9 Å². The van der Waals surface area contributed by atoms with Crippen molar-refractivity contribution in [3.63, 3.8) is 0 Å². The number of carbonyl (C=O) groups is 2. The van der Waals surface area contributed by atoms with E-state index in [0.717, 1.165) is 59.6 Å². The molecule has 4 bridgehead atoms. The van der Waals surface area contributed by atoms with Crippen LogP contribution >= 0.6 is 11.8 Å². The molecule has 0 unspecified atom stereocenters. The van der Waals surface area contributed by atoms with E-state index in [-0.39, 0.29) is 28.7 Å². The zero-order valence-corrected chi connectivity index (χ0v) is 27.9. The lowest BCUT2D eigenvalue weighted by molar-refractivity contribution is -0.153. The number of benzene rings is 1. The second-order valence-electron chi connectivity index (χ2n) is 16.0. The first-order chi connectivity index (χ1) is 21.7. The number of aromatic amines is 1. The number of nitrogens with zero attached hydrogens (tertiary/aromatic N) is 2. The fraction of sp³-hybridized carbons (Fsp3) is 0.605. The topological polar surface area (TPSA) is 78.1 Å². The van der Waals surface area contributed by atoms with Crippen LogP contribution in [0.3, 0.4) is 0 Å². The van der Waals surface area contributed by atoms with Crippen molar-refractivity contribution in [2.24, 2.45) is 29.1 Å². The molecule has 6 nitrogen and oxygen atoms in total. The quantitative estimate of drug-likeness (QED) is 0.274. The third-order valence-corrected chi connectivity index (χ3v) is 13.7. The fourth-order valence-electron chi connectivity index (χ4n) is 10.8. The molecule has 6 fully saturated rings. The van der Waals surface area contributed by atoms with Crippen LogP contribution in [0.4, 0.5) is 0 Å². The van der Waals surface area contributed by atoms with Crippen LogP contribution in [0.2, 0.25) is 0 Å². The summed E-state index contributed by atoms with van der Waals surface area (Å²) in [6.07, 6.45) is 12.9. The third-order valence-electron chi connectivity index (χ3n) is 12.7. The van der Waals surface area contributed by atoms with Crippen molar-refractivity contribution in [2.75, 3.05) is 11.5 Å². The Labute approximate surface area is 271 Å². The number of aryl methyl sites for hydroxylation is 1. The highest BCUT2D eigenvalue weighted by Gasteiger charge is 2.61. The highest BCUT2D eigenvalue weighted by atomic mass is 32.2. The zero-order valence-electron chi connectivity index (χ0n) is 27.1. The Kier molecular flexibility index (Phi) is 7.16. The molecule has 7 heteroatoms. The van der Waals surface area contributed by atoms with Crippen molar-refractivity contribution in [3.05, 3.63) is 65.6 Å². The monoisotopic (exact) mass is 624 g/mol. The summed E-state index contributed by atoms with van der Waals surface area (Å²) < 4.78 is 0. The van der Waals surface area contributed by atoms with E-state index in [2.05, 4.69) is 66.4 Å². The van der Waals surface area contributed by atoms with Crippen molar-refractivity contribution in [2.45, 2.75) is 102 Å². The minimum Gasteiger partial charge on any atom is -0.358 e. The summed E-state index contributed by atoms with van der Waals surface area (Å²) in [5, 5.41) is 5.01. The third kappa shape index (κ3) is 5.03. The molecular weight excluding hydrogens is 577 g/mol. The van der Waals surface area contributed by atoms with E-state index < -0.39 is 5.54 Å². The van der Waals surface area contributed by atoms with E-state index in [9.17, 15) is 9.59 Å². The number of carbonyl (C=O) groups excluding carboxylic acids is 2. The van der Waals surface area contributed by atoms with Crippen molar-refractivity contribution < 1.29 is 9.59 Å². The van der Waals surface area contributed by atoms with E-state index in [4.69, 9.17) is 0 Å². The molecule has 1 aromatic carbocycles. The SMILES string of the molecule is Cc1[nH]c2ccccc2c1[C@@H]1[C@@H](CC(=O)N(Cc2cccnc2)C2(C(=O)NC34CC5CC(CC(C5)C3)C4)CCSCC2)C1(C)C. The molecular formula is C38H48N4O2S. The van der Waals surface area contributed by atoms with Gasteiger partial charge in [0.05, 0.1) is 0 Å². The fourth-order valence-corrected chi connectivity index (χ4v) is 12.0. The molecule has 0 radical (unpaired) electrons. The van der Waals surface area contributed by atoms with Gasteiger partial charge in [-0.25, -0.2) is 0 Å². The maximum atomic E-state index is 14.9. The van der Waals surface area contributed by atoms with Gasteiger partial charge >= 0.3 is 0 Å². The molecule has 9 rings (SSSR count). The smallest absolute Gasteiger partial charge is 0.246 e. The maximum Gasteiger partial charge on any atom is 0.246 e. The Morgan fingerprint density at radius 1 is 1.00 bits per heavy atom. The van der Waals surface area contributed by atoms with Crippen molar-refractivity contribution in [1.82, 2.24) is 20.2 Å². The van der Waals surface area contributed by atoms with E-state index in [0.29, 0.717) is 31.7 Å². The molecule has 3 aromatic rings. The van der Waals surface area contributed by atoms with Gasteiger partial charge in [0.25, 0.3) is 0 Å². The molecule has 3 heterocycles. The number of thioether (sulfide) groups is 1. The zero-order chi connectivity index (χ0) is 31.0. The molecule has 2 atom stereocenters. The molecule has 45 heavy (non-hydrogen) atoms. The predicted octanol–water partition coefficient (Wildman–Crippen LogP) is 7.38. The second-order valence-corrected chi connectivity index (χ2v) is 17.2. The van der Waals surface area contributed by atoms with Crippen LogP contribution in [0.5, 0.6) is 0 Å². The number of H-pyrrole nitrogens is 1. The summed E-state index contributed by atoms with van der Waals surface area (Å²) >= 11 is 1.91. The van der Waals surface area contributed by atoms with Crippen LogP contribution < -0.4 is 5.32 Å². The molecule has 6 aliphatic rings. The minimum atomic E-state index is -0.827. The molecule has 5 saturated carbocycles. The van der Waals surface area contributed by atoms with Gasteiger partial charge in [-0.05, 0) is 128 Å². The largest absolute Gasteiger partial charge is 0.358 e. The van der Waals surface area contributed by atoms with E-state index in [1.165, 1.54) is 35.9 Å². The molecule has 0 spiro atoms. The van der Waals surface area contributed by atoms with Gasteiger partial charge in [0.15, 0.2) is 0 Å². The standard InChI is InChI=1S/C38H48N4O2S/c1-24-33(29-8-4-5-9-31(29)40-24)34-30(36(34,2)3)18-32(43)42(23-25-7-6-12-39-22-25)38(10-13-45-14-11-38)35(44)41-37-19-26-15-27(20-37)17-28(16-26)21-37/h4-9,12,22,26-28,30,34,40H,10-11,13-21,23H2,1-3H3,(H,41,44)/t26?,27?,28?,30-,34+,37?/m1/s1. The average molecular weight is 625 g/mol. The maximum absolute atomic E-state index is 14.9. The van der Waals surface area contributed by atoms with Crippen LogP contribution in [-0.2, 0) is 16.1 Å². The average Bonchev–Trinajstić information content (AvgIpc) is 3.36. The van der Waals surface area contributed by atoms with Crippen LogP contribution in [0.15, 0.2) is 48.8 Å². The van der Waals surface area contributed by atoms with Gasteiger partial charge in [-0.2, -0.15) is 11.8 Å². The normalized spacial score (nSPS) is 32.4. The molecule has 2 amide bonds. The minimum absolute atomic E-state index is 0.00237. The van der Waals surface area contributed by atoms with Gasteiger partial charge in [-0.3, -0.25) is 14.6 Å². The van der Waals surface area contributed by atoms with E-state index in [1.807, 2.05) is 28.9 Å². The first kappa shape index (κ1) is 29.6. The van der Waals surface area contributed by atoms with Gasteiger partial charge in [0, 0.05) is 47.5 Å². The number of hydrogen-bond donors (Lipinski definition) is 2. The lowest BCUT2D eigenvalue weighted by Gasteiger charge is -2.58. The number of aromatic nitrogens is 2. The van der Waals surface area contributed by atoms with Gasteiger partial charge in [-0.1, -0.05) is 38.1 Å². The van der Waals surface area contributed by atoms with Gasteiger partial charge in [-0.15, -0.1) is 0 Å². The number of nitrogens with one attached hydrogen (secondary N) is 2. The number of rotatable bonds is 8. The van der Waals surface area contributed by atoms with E-state index >= 15 is 0 Å². The molecule has 1 saturated heterocycles. The number of para-hydroxylation sites is 1. The Morgan fingerprint density at radius 2 is 1.69 bits per heavy atom. The number of hydrogen-bond acceptors (Lipinski definition) is 4. The van der Waals surface area contributed by atoms with Crippen LogP contribution in [0, 0.1) is 36.0 Å². The second kappa shape index (κ2) is 10.9. The Morgan fingerprint density at radius 3 is 2.36 bits per heavy atom. The molecule has 2 aromatic heterocycles. The van der Waals surface area contributed by atoms with Gasteiger partial charge < -0.3 is 15.2 Å². The summed E-state index contributed by atoms with van der Waals surface area (Å²) in [7, 11) is 0. The summed E-state index contributed by atoms with van der Waals surface area (Å²) in [6, 6.07) is 12.5. The summed E-state index contributed by atoms with van der Waals surface area (Å²) in [6.45, 7) is 7.22. The summed E-state index contributed by atoms with van der Waals surface area (Å²) in [5.74, 6) is 4.82. The first-order valence-corrected chi connectivity index (χ1v) is 18.5. The highest BCUT2D eigenvalue weighted by Crippen LogP contribution is 2.67. The lowest BCUT2D eigenvalue weighted by atomic mass is 9.53. The highest BCUT2D eigenvalue weighted by molar-refractivity contribution is 7.99. The van der Waals surface area contributed by atoms with Crippen molar-refractivity contribution in [3.8, 4) is 0 Å². The van der Waals surface area contributed by atoms with Crippen LogP contribution in [0.1, 0.15) is 94.4 Å². The van der Waals surface area contributed by atoms with Gasteiger partial charge in [0.1, 0.15) is 5.54 Å². The number of amides is 2. The summed E-state index contributed by atoms with van der Waals surface area (Å²) in [5.41, 5.74) is 3.81. The lowest BCUT2D eigenvalue weighted by Crippen LogP contribution is -2.68. The van der Waals surface area contributed by atoms with Gasteiger partial charge in [0.2, 0.25) is 11.8 Å². The Hall–Kier alpha value is -2.80. The number of pyridine rings is 1. The molecule has 1 aliphatic heterocycles. The molecule has 2 N–H and O–H groups in total. The summed E-state index contributed by atoms with van der Waals surface area (Å²) in [4.78, 5) is 39.7. The predicted molar refractivity (Wildman–Crippen MR) is 181 cm³/mol. The molecule has 238 valence electrons. The van der Waals surface area contributed by atoms with Crippen molar-refractivity contribution in [1.29, 1.82) is 0 Å². The van der Waals surface area contributed by atoms with Crippen LogP contribution in [-0.4, -0.2) is 49.3 Å². The Bertz CT molecular complexity index is 1570. The Balaban J connectivity index is 1.11. The van der Waals surface area contributed by atoms with Crippen molar-refractivity contribution >= 4 is 34.5 Å².